The van der Waals surface area contributed by atoms with Crippen LogP contribution in [0.15, 0.2) is 53.4 Å². The van der Waals surface area contributed by atoms with Crippen molar-refractivity contribution in [2.75, 3.05) is 11.6 Å². The van der Waals surface area contributed by atoms with Crippen LogP contribution >= 0.6 is 11.8 Å². The fourth-order valence-corrected chi connectivity index (χ4v) is 2.25. The maximum absolute atomic E-state index is 12.0. The average Bonchev–Trinajstić information content (AvgIpc) is 2.47. The van der Waals surface area contributed by atoms with Crippen LogP contribution in [0.5, 0.6) is 0 Å². The normalized spacial score (nSPS) is 10.1. The quantitative estimate of drug-likeness (QED) is 0.530. The highest BCUT2D eigenvalue weighted by Gasteiger charge is 2.17. The summed E-state index contributed by atoms with van der Waals surface area (Å²) in [5, 5.41) is 13.7. The number of para-hydroxylation sites is 1. The minimum Gasteiger partial charge on any atom is -0.322 e. The SMILES string of the molecule is CSc1ccc(C(=O)Nc2ccccc2)cc1[N+](=O)[O-]. The lowest BCUT2D eigenvalue weighted by atomic mass is 10.2. The Bertz CT molecular complexity index is 644. The van der Waals surface area contributed by atoms with Crippen LogP contribution in [0.2, 0.25) is 0 Å². The molecular weight excluding hydrogens is 276 g/mol. The van der Waals surface area contributed by atoms with Crippen molar-refractivity contribution in [3.05, 3.63) is 64.2 Å². The first kappa shape index (κ1) is 14.1. The fourth-order valence-electron chi connectivity index (χ4n) is 1.70. The molecule has 0 atom stereocenters. The van der Waals surface area contributed by atoms with Crippen molar-refractivity contribution in [3.8, 4) is 0 Å². The molecule has 0 saturated carbocycles. The second kappa shape index (κ2) is 6.21. The summed E-state index contributed by atoms with van der Waals surface area (Å²) in [4.78, 5) is 23.1. The zero-order valence-electron chi connectivity index (χ0n) is 10.7. The van der Waals surface area contributed by atoms with Gasteiger partial charge in [0, 0.05) is 17.3 Å². The molecule has 20 heavy (non-hydrogen) atoms. The Hall–Kier alpha value is -2.34. The van der Waals surface area contributed by atoms with Gasteiger partial charge in [0.1, 0.15) is 0 Å². The molecule has 0 fully saturated rings. The number of nitrogens with zero attached hydrogens (tertiary/aromatic N) is 1. The molecule has 6 heteroatoms. The van der Waals surface area contributed by atoms with E-state index in [2.05, 4.69) is 5.32 Å². The molecule has 0 aliphatic carbocycles. The van der Waals surface area contributed by atoms with Crippen molar-refractivity contribution >= 4 is 29.0 Å². The van der Waals surface area contributed by atoms with E-state index in [1.54, 1.807) is 42.7 Å². The van der Waals surface area contributed by atoms with Gasteiger partial charge in [0.15, 0.2) is 0 Å². The lowest BCUT2D eigenvalue weighted by Crippen LogP contribution is -2.12. The molecule has 2 rings (SSSR count). The van der Waals surface area contributed by atoms with Gasteiger partial charge in [0.05, 0.1) is 9.82 Å². The molecule has 102 valence electrons. The third-order valence-corrected chi connectivity index (χ3v) is 3.45. The van der Waals surface area contributed by atoms with Gasteiger partial charge >= 0.3 is 0 Å². The number of benzene rings is 2. The lowest BCUT2D eigenvalue weighted by Gasteiger charge is -2.06. The molecule has 2 aromatic rings. The highest BCUT2D eigenvalue weighted by molar-refractivity contribution is 7.98. The molecule has 5 nitrogen and oxygen atoms in total. The first-order chi connectivity index (χ1) is 9.61. The van der Waals surface area contributed by atoms with Gasteiger partial charge in [-0.05, 0) is 30.5 Å². The van der Waals surface area contributed by atoms with E-state index in [1.165, 1.54) is 17.8 Å². The van der Waals surface area contributed by atoms with E-state index in [0.717, 1.165) is 0 Å². The van der Waals surface area contributed by atoms with Crippen molar-refractivity contribution in [3.63, 3.8) is 0 Å². The minimum atomic E-state index is -0.481. The maximum atomic E-state index is 12.0. The standard InChI is InChI=1S/C14H12N2O3S/c1-20-13-8-7-10(9-12(13)16(18)19)14(17)15-11-5-3-2-4-6-11/h2-9H,1H3,(H,15,17). The van der Waals surface area contributed by atoms with Gasteiger partial charge in [0.2, 0.25) is 0 Å². The van der Waals surface area contributed by atoms with E-state index >= 15 is 0 Å². The van der Waals surface area contributed by atoms with Crippen LogP contribution in [-0.4, -0.2) is 17.1 Å². The molecule has 0 aliphatic heterocycles. The number of rotatable bonds is 4. The average molecular weight is 288 g/mol. The van der Waals surface area contributed by atoms with Gasteiger partial charge in [-0.2, -0.15) is 0 Å². The third kappa shape index (κ3) is 3.16. The number of carbonyl (C=O) groups excluding carboxylic acids is 1. The number of hydrogen-bond donors (Lipinski definition) is 1. The Kier molecular flexibility index (Phi) is 4.37. The Morgan fingerprint density at radius 3 is 2.50 bits per heavy atom. The van der Waals surface area contributed by atoms with Crippen LogP contribution in [0.1, 0.15) is 10.4 Å². The zero-order chi connectivity index (χ0) is 14.5. The summed E-state index contributed by atoms with van der Waals surface area (Å²) in [6.45, 7) is 0. The summed E-state index contributed by atoms with van der Waals surface area (Å²) in [5.74, 6) is -0.369. The molecule has 0 radical (unpaired) electrons. The van der Waals surface area contributed by atoms with Crippen molar-refractivity contribution < 1.29 is 9.72 Å². The number of amides is 1. The zero-order valence-corrected chi connectivity index (χ0v) is 11.5. The number of hydrogen-bond acceptors (Lipinski definition) is 4. The number of thioether (sulfide) groups is 1. The summed E-state index contributed by atoms with van der Waals surface area (Å²) in [6, 6.07) is 13.4. The highest BCUT2D eigenvalue weighted by atomic mass is 32.2. The van der Waals surface area contributed by atoms with Gasteiger partial charge in [-0.1, -0.05) is 18.2 Å². The van der Waals surface area contributed by atoms with Gasteiger partial charge in [-0.3, -0.25) is 14.9 Å². The van der Waals surface area contributed by atoms with E-state index < -0.39 is 4.92 Å². The lowest BCUT2D eigenvalue weighted by molar-refractivity contribution is -0.387. The van der Waals surface area contributed by atoms with Gasteiger partial charge in [0.25, 0.3) is 11.6 Å². The van der Waals surface area contributed by atoms with E-state index in [0.29, 0.717) is 10.6 Å². The van der Waals surface area contributed by atoms with Gasteiger partial charge in [-0.25, -0.2) is 0 Å². The summed E-state index contributed by atoms with van der Waals surface area (Å²) in [5.41, 5.74) is 0.852. The molecule has 1 amide bonds. The monoisotopic (exact) mass is 288 g/mol. The molecule has 0 spiro atoms. The molecule has 0 aliphatic rings. The first-order valence-electron chi connectivity index (χ1n) is 5.80. The van der Waals surface area contributed by atoms with Crippen molar-refractivity contribution in [2.24, 2.45) is 0 Å². The van der Waals surface area contributed by atoms with Crippen LogP contribution in [0, 0.1) is 10.1 Å². The van der Waals surface area contributed by atoms with Crippen LogP contribution in [0.25, 0.3) is 0 Å². The van der Waals surface area contributed by atoms with E-state index in [-0.39, 0.29) is 17.2 Å². The maximum Gasteiger partial charge on any atom is 0.283 e. The number of nitrogens with one attached hydrogen (secondary N) is 1. The topological polar surface area (TPSA) is 72.2 Å². The second-order valence-electron chi connectivity index (χ2n) is 3.96. The smallest absolute Gasteiger partial charge is 0.283 e. The Labute approximate surface area is 120 Å². The molecule has 0 bridgehead atoms. The highest BCUT2D eigenvalue weighted by Crippen LogP contribution is 2.28. The third-order valence-electron chi connectivity index (χ3n) is 2.67. The van der Waals surface area contributed by atoms with Crippen LogP contribution < -0.4 is 5.32 Å². The molecule has 0 unspecified atom stereocenters. The largest absolute Gasteiger partial charge is 0.322 e. The van der Waals surface area contributed by atoms with Gasteiger partial charge in [-0.15, -0.1) is 11.8 Å². The Morgan fingerprint density at radius 1 is 1.20 bits per heavy atom. The molecular formula is C14H12N2O3S. The van der Waals surface area contributed by atoms with Crippen LogP contribution in [0.3, 0.4) is 0 Å². The number of carbonyl (C=O) groups is 1. The number of anilines is 1. The van der Waals surface area contributed by atoms with Gasteiger partial charge < -0.3 is 5.32 Å². The Morgan fingerprint density at radius 2 is 1.90 bits per heavy atom. The summed E-state index contributed by atoms with van der Waals surface area (Å²) in [7, 11) is 0. The van der Waals surface area contributed by atoms with Crippen LogP contribution in [0.4, 0.5) is 11.4 Å². The number of nitro groups is 1. The van der Waals surface area contributed by atoms with Crippen molar-refractivity contribution in [1.82, 2.24) is 0 Å². The first-order valence-corrected chi connectivity index (χ1v) is 7.03. The second-order valence-corrected chi connectivity index (χ2v) is 4.81. The summed E-state index contributed by atoms with van der Waals surface area (Å²) >= 11 is 1.27. The summed E-state index contributed by atoms with van der Waals surface area (Å²) in [6.07, 6.45) is 1.76. The molecule has 0 aromatic heterocycles. The fraction of sp³-hybridized carbons (Fsp3) is 0.0714. The van der Waals surface area contributed by atoms with Crippen LogP contribution in [-0.2, 0) is 0 Å². The van der Waals surface area contributed by atoms with E-state index in [4.69, 9.17) is 0 Å². The number of nitro benzene ring substituents is 1. The molecule has 1 N–H and O–H groups in total. The molecule has 0 heterocycles. The molecule has 2 aromatic carbocycles. The van der Waals surface area contributed by atoms with Crippen molar-refractivity contribution in [2.45, 2.75) is 4.90 Å². The molecule has 0 saturated heterocycles. The van der Waals surface area contributed by atoms with E-state index in [1.807, 2.05) is 6.07 Å². The predicted octanol–water partition coefficient (Wildman–Crippen LogP) is 3.57. The minimum absolute atomic E-state index is 0.0572. The summed E-state index contributed by atoms with van der Waals surface area (Å²) < 4.78 is 0. The Balaban J connectivity index is 2.27. The predicted molar refractivity (Wildman–Crippen MR) is 79.3 cm³/mol. The van der Waals surface area contributed by atoms with Crippen molar-refractivity contribution in [1.29, 1.82) is 0 Å². The van der Waals surface area contributed by atoms with E-state index in [9.17, 15) is 14.9 Å².